The zero-order valence-electron chi connectivity index (χ0n) is 21.1. The molecule has 1 atom stereocenters. The van der Waals surface area contributed by atoms with Crippen LogP contribution in [0.5, 0.6) is 11.5 Å². The van der Waals surface area contributed by atoms with Gasteiger partial charge in [-0.2, -0.15) is 0 Å². The Morgan fingerprint density at radius 3 is 2.39 bits per heavy atom. The first-order valence-corrected chi connectivity index (χ1v) is 12.5. The Morgan fingerprint density at radius 1 is 1.00 bits per heavy atom. The lowest BCUT2D eigenvalue weighted by atomic mass is 10.1. The summed E-state index contributed by atoms with van der Waals surface area (Å²) in [6.07, 6.45) is 5.78. The van der Waals surface area contributed by atoms with E-state index in [-0.39, 0.29) is 0 Å². The van der Waals surface area contributed by atoms with Crippen molar-refractivity contribution in [2.75, 3.05) is 19.6 Å². The Hall–Kier alpha value is -2.59. The molecule has 178 valence electrons. The van der Waals surface area contributed by atoms with Crippen LogP contribution < -0.4 is 4.74 Å². The molecule has 1 aromatic heterocycles. The van der Waals surface area contributed by atoms with Crippen molar-refractivity contribution < 1.29 is 9.53 Å². The lowest BCUT2D eigenvalue weighted by Gasteiger charge is -2.23. The van der Waals surface area contributed by atoms with E-state index in [0.717, 1.165) is 43.2 Å². The number of ether oxygens (including phenoxy) is 1. The van der Waals surface area contributed by atoms with Crippen molar-refractivity contribution in [2.45, 2.75) is 66.8 Å². The van der Waals surface area contributed by atoms with E-state index in [2.05, 4.69) is 56.2 Å². The van der Waals surface area contributed by atoms with Crippen LogP contribution in [0.15, 0.2) is 42.5 Å². The third-order valence-electron chi connectivity index (χ3n) is 6.89. The fraction of sp³-hybridized carbons (Fsp3) is 0.483. The third-order valence-corrected chi connectivity index (χ3v) is 6.89. The van der Waals surface area contributed by atoms with Crippen LogP contribution >= 0.6 is 0 Å². The first-order chi connectivity index (χ1) is 16.0. The number of fused-ring (bicyclic) bond motifs is 1. The van der Waals surface area contributed by atoms with Gasteiger partial charge < -0.3 is 14.2 Å². The minimum absolute atomic E-state index is 0.652. The number of hydrogen-bond acceptors (Lipinski definition) is 3. The van der Waals surface area contributed by atoms with E-state index in [1.54, 1.807) is 12.1 Å². The highest BCUT2D eigenvalue weighted by Gasteiger charge is 2.13. The molecule has 0 bridgehead atoms. The van der Waals surface area contributed by atoms with Gasteiger partial charge in [-0.3, -0.25) is 4.79 Å². The summed E-state index contributed by atoms with van der Waals surface area (Å²) < 4.78 is 8.52. The molecular weight excluding hydrogens is 408 g/mol. The Morgan fingerprint density at radius 2 is 1.73 bits per heavy atom. The zero-order chi connectivity index (χ0) is 23.8. The third kappa shape index (κ3) is 6.48. The van der Waals surface area contributed by atoms with Gasteiger partial charge in [0.2, 0.25) is 0 Å². The second kappa shape index (κ2) is 12.0. The lowest BCUT2D eigenvalue weighted by molar-refractivity contribution is 0.112. The van der Waals surface area contributed by atoms with Crippen molar-refractivity contribution >= 4 is 17.2 Å². The summed E-state index contributed by atoms with van der Waals surface area (Å²) in [6, 6.07) is 13.6. The molecule has 0 amide bonds. The normalized spacial score (nSPS) is 12.4. The van der Waals surface area contributed by atoms with Crippen LogP contribution in [0.1, 0.15) is 68.1 Å². The molecule has 3 aromatic rings. The molecule has 33 heavy (non-hydrogen) atoms. The second-order valence-corrected chi connectivity index (χ2v) is 9.33. The Bertz CT molecular complexity index is 1040. The monoisotopic (exact) mass is 448 g/mol. The van der Waals surface area contributed by atoms with Crippen LogP contribution in [0.2, 0.25) is 0 Å². The van der Waals surface area contributed by atoms with Crippen LogP contribution in [0.3, 0.4) is 0 Å². The molecule has 0 radical (unpaired) electrons. The summed E-state index contributed by atoms with van der Waals surface area (Å²) in [7, 11) is 0. The summed E-state index contributed by atoms with van der Waals surface area (Å²) in [4.78, 5) is 13.5. The maximum atomic E-state index is 10.9. The summed E-state index contributed by atoms with van der Waals surface area (Å²) >= 11 is 0. The first-order valence-electron chi connectivity index (χ1n) is 12.5. The van der Waals surface area contributed by atoms with E-state index >= 15 is 0 Å². The highest BCUT2D eigenvalue weighted by molar-refractivity contribution is 5.86. The van der Waals surface area contributed by atoms with Gasteiger partial charge in [-0.05, 0) is 107 Å². The summed E-state index contributed by atoms with van der Waals surface area (Å²) in [5, 5.41) is 1.25. The molecule has 0 fully saturated rings. The van der Waals surface area contributed by atoms with E-state index in [1.165, 1.54) is 54.5 Å². The van der Waals surface area contributed by atoms with E-state index in [9.17, 15) is 4.79 Å². The number of nitrogens with zero attached hydrogens (tertiary/aromatic N) is 2. The van der Waals surface area contributed by atoms with E-state index in [0.29, 0.717) is 5.56 Å². The van der Waals surface area contributed by atoms with Gasteiger partial charge in [0.25, 0.3) is 0 Å². The molecule has 0 aliphatic rings. The number of benzene rings is 2. The number of carbonyl (C=O) groups excluding carboxylic acids is 1. The molecule has 1 heterocycles. The molecule has 1 unspecified atom stereocenters. The number of aldehydes is 1. The fourth-order valence-electron chi connectivity index (χ4n) is 4.44. The molecule has 0 saturated heterocycles. The van der Waals surface area contributed by atoms with E-state index < -0.39 is 0 Å². The quantitative estimate of drug-likeness (QED) is 0.255. The van der Waals surface area contributed by atoms with E-state index in [1.807, 2.05) is 18.2 Å². The number of aryl methyl sites for hydroxylation is 2. The molecule has 0 saturated carbocycles. The summed E-state index contributed by atoms with van der Waals surface area (Å²) in [5.41, 5.74) is 4.57. The second-order valence-electron chi connectivity index (χ2n) is 9.33. The van der Waals surface area contributed by atoms with Gasteiger partial charge in [0.1, 0.15) is 17.8 Å². The van der Waals surface area contributed by atoms with E-state index in [4.69, 9.17) is 4.74 Å². The number of aromatic nitrogens is 1. The molecule has 4 nitrogen and oxygen atoms in total. The van der Waals surface area contributed by atoms with Gasteiger partial charge in [0, 0.05) is 28.7 Å². The van der Waals surface area contributed by atoms with Gasteiger partial charge in [-0.15, -0.1) is 0 Å². The van der Waals surface area contributed by atoms with Crippen molar-refractivity contribution in [1.82, 2.24) is 9.47 Å². The lowest BCUT2D eigenvalue weighted by Crippen LogP contribution is -2.28. The molecule has 0 N–H and O–H groups in total. The molecule has 0 aliphatic carbocycles. The molecule has 3 rings (SSSR count). The molecule has 0 spiro atoms. The van der Waals surface area contributed by atoms with Crippen molar-refractivity contribution in [1.29, 1.82) is 0 Å². The van der Waals surface area contributed by atoms with Gasteiger partial charge in [-0.25, -0.2) is 0 Å². The maximum Gasteiger partial charge on any atom is 0.150 e. The summed E-state index contributed by atoms with van der Waals surface area (Å²) in [5.74, 6) is 2.37. The van der Waals surface area contributed by atoms with Crippen LogP contribution in [0.25, 0.3) is 10.9 Å². The molecule has 4 heteroatoms. The van der Waals surface area contributed by atoms with Gasteiger partial charge in [0.05, 0.1) is 0 Å². The number of rotatable bonds is 13. The standard InChI is InChI=1S/C29H40N2O2/c1-6-16-30(19-15-22(3)7-2)17-8-18-31-24(5)23(4)28-20-27(13-14-29(28)31)33-26-11-9-25(21-32)10-12-26/h9-14,20-22H,6-8,15-19H2,1-5H3. The van der Waals surface area contributed by atoms with Gasteiger partial charge >= 0.3 is 0 Å². The fourth-order valence-corrected chi connectivity index (χ4v) is 4.44. The zero-order valence-corrected chi connectivity index (χ0v) is 21.1. The number of hydrogen-bond donors (Lipinski definition) is 0. The van der Waals surface area contributed by atoms with Crippen molar-refractivity contribution in [2.24, 2.45) is 5.92 Å². The summed E-state index contributed by atoms with van der Waals surface area (Å²) in [6.45, 7) is 15.9. The van der Waals surface area contributed by atoms with Crippen LogP contribution in [-0.4, -0.2) is 35.4 Å². The largest absolute Gasteiger partial charge is 0.457 e. The molecular formula is C29H40N2O2. The topological polar surface area (TPSA) is 34.5 Å². The predicted molar refractivity (Wildman–Crippen MR) is 139 cm³/mol. The van der Waals surface area contributed by atoms with Gasteiger partial charge in [0.15, 0.2) is 0 Å². The molecule has 0 aliphatic heterocycles. The maximum absolute atomic E-state index is 10.9. The van der Waals surface area contributed by atoms with Crippen LogP contribution in [-0.2, 0) is 6.54 Å². The van der Waals surface area contributed by atoms with Gasteiger partial charge in [-0.1, -0.05) is 27.2 Å². The smallest absolute Gasteiger partial charge is 0.150 e. The van der Waals surface area contributed by atoms with Crippen molar-refractivity contribution in [3.05, 3.63) is 59.3 Å². The minimum atomic E-state index is 0.652. The van der Waals surface area contributed by atoms with Crippen LogP contribution in [0, 0.1) is 19.8 Å². The predicted octanol–water partition coefficient (Wildman–Crippen LogP) is 7.40. The van der Waals surface area contributed by atoms with Crippen molar-refractivity contribution in [3.63, 3.8) is 0 Å². The highest BCUT2D eigenvalue weighted by Crippen LogP contribution is 2.31. The average molecular weight is 449 g/mol. The number of carbonyl (C=O) groups is 1. The highest BCUT2D eigenvalue weighted by atomic mass is 16.5. The molecule has 2 aromatic carbocycles. The Kier molecular flexibility index (Phi) is 9.13. The minimum Gasteiger partial charge on any atom is -0.457 e. The first kappa shape index (κ1) is 25.0. The Balaban J connectivity index is 1.69. The van der Waals surface area contributed by atoms with Crippen LogP contribution in [0.4, 0.5) is 0 Å². The van der Waals surface area contributed by atoms with Crippen molar-refractivity contribution in [3.8, 4) is 11.5 Å². The SMILES string of the molecule is CCCN(CCCn1c(C)c(C)c2cc(Oc3ccc(C=O)cc3)ccc21)CCC(C)CC. The Labute approximate surface area is 199 Å². The average Bonchev–Trinajstić information content (AvgIpc) is 3.07.